The zero-order valence-electron chi connectivity index (χ0n) is 16.8. The number of aromatic nitrogens is 2. The van der Waals surface area contributed by atoms with Crippen molar-refractivity contribution in [2.45, 2.75) is 37.9 Å². The molecule has 2 heterocycles. The number of aryl methyl sites for hydroxylation is 1. The van der Waals surface area contributed by atoms with E-state index in [-0.39, 0.29) is 11.5 Å². The number of nitrogens with zero attached hydrogens (tertiary/aromatic N) is 2. The fraction of sp³-hybridized carbons (Fsp3) is 0.538. The summed E-state index contributed by atoms with van der Waals surface area (Å²) in [5, 5.41) is 21.5. The van der Waals surface area contributed by atoms with Gasteiger partial charge in [-0.05, 0) is 19.9 Å². The number of aliphatic hydroxyl groups excluding tert-OH is 1. The minimum atomic E-state index is -5.77. The number of phosphoric acid groups is 3. The third kappa shape index (κ3) is 6.78. The van der Waals surface area contributed by atoms with E-state index in [2.05, 4.69) is 30.0 Å². The number of hydrogen-bond donors (Lipinski definition) is 7. The van der Waals surface area contributed by atoms with Gasteiger partial charge in [-0.1, -0.05) is 5.92 Å². The summed E-state index contributed by atoms with van der Waals surface area (Å²) in [4.78, 5) is 51.6. The monoisotopic (exact) mass is 535 g/mol. The molecule has 0 bridgehead atoms. The lowest BCUT2D eigenvalue weighted by Gasteiger charge is -2.27. The van der Waals surface area contributed by atoms with Gasteiger partial charge in [0, 0.05) is 5.69 Å². The van der Waals surface area contributed by atoms with Gasteiger partial charge in [0.25, 0.3) is 0 Å². The lowest BCUT2D eigenvalue weighted by molar-refractivity contribution is -0.0770. The second-order valence-electron chi connectivity index (χ2n) is 6.53. The molecule has 0 aromatic carbocycles. The Hall–Kier alpha value is -1.47. The van der Waals surface area contributed by atoms with Crippen LogP contribution >= 0.6 is 23.5 Å². The highest BCUT2D eigenvalue weighted by Crippen LogP contribution is 2.66. The maximum atomic E-state index is 12.3. The molecule has 8 N–H and O–H groups in total. The van der Waals surface area contributed by atoms with Crippen molar-refractivity contribution < 1.29 is 61.4 Å². The van der Waals surface area contributed by atoms with Crippen molar-refractivity contribution in [3.8, 4) is 11.8 Å². The van der Waals surface area contributed by atoms with E-state index in [0.29, 0.717) is 0 Å². The molecule has 1 fully saturated rings. The second kappa shape index (κ2) is 9.65. The Labute approximate surface area is 185 Å². The van der Waals surface area contributed by atoms with Crippen LogP contribution < -0.4 is 11.4 Å². The van der Waals surface area contributed by atoms with E-state index in [4.69, 9.17) is 25.2 Å². The van der Waals surface area contributed by atoms with Gasteiger partial charge in [-0.2, -0.15) is 13.6 Å². The molecule has 17 nitrogen and oxygen atoms in total. The van der Waals surface area contributed by atoms with Crippen molar-refractivity contribution in [2.75, 3.05) is 12.3 Å². The standard InChI is InChI=1S/C13H20N3O14P3/c1-3-4-13(19)10(17)8(28-11(13)16-7(2)5-9(14)15-12(16)18)6-27-32(23,24)30-33(25,26)29-31(20,21)22/h5,8,10-11,17,19H,6H2,1-2H3,(H,23,24)(H,25,26)(H2,14,15,18)(H2,20,21,22)/t8-,10+,11-,13?/m1/s1. The first kappa shape index (κ1) is 27.8. The summed E-state index contributed by atoms with van der Waals surface area (Å²) in [6.07, 6.45) is -5.34. The smallest absolute Gasteiger partial charge is 0.386 e. The molecular weight excluding hydrogens is 515 g/mol. The molecule has 0 amide bonds. The van der Waals surface area contributed by atoms with E-state index in [1.54, 1.807) is 0 Å². The number of anilines is 1. The fourth-order valence-corrected chi connectivity index (χ4v) is 5.91. The highest BCUT2D eigenvalue weighted by atomic mass is 31.3. The van der Waals surface area contributed by atoms with Gasteiger partial charge in [-0.3, -0.25) is 9.09 Å². The van der Waals surface area contributed by atoms with Gasteiger partial charge >= 0.3 is 29.2 Å². The summed E-state index contributed by atoms with van der Waals surface area (Å²) < 4.78 is 51.8. The largest absolute Gasteiger partial charge is 0.490 e. The van der Waals surface area contributed by atoms with Crippen LogP contribution in [0.15, 0.2) is 10.9 Å². The van der Waals surface area contributed by atoms with Crippen LogP contribution in [0, 0.1) is 18.8 Å². The maximum absolute atomic E-state index is 12.3. The Kier molecular flexibility index (Phi) is 8.12. The van der Waals surface area contributed by atoms with Crippen LogP contribution in [0.1, 0.15) is 18.8 Å². The van der Waals surface area contributed by atoms with Gasteiger partial charge in [0.15, 0.2) is 11.8 Å². The molecular formula is C13H20N3O14P3. The Bertz CT molecular complexity index is 1170. The predicted octanol–water partition coefficient (Wildman–Crippen LogP) is -1.51. The number of ether oxygens (including phenoxy) is 1. The molecule has 0 spiro atoms. The highest BCUT2D eigenvalue weighted by molar-refractivity contribution is 7.66. The molecule has 1 aliphatic heterocycles. The van der Waals surface area contributed by atoms with Crippen molar-refractivity contribution in [3.63, 3.8) is 0 Å². The molecule has 1 aromatic rings. The van der Waals surface area contributed by atoms with E-state index in [1.165, 1.54) is 19.9 Å². The van der Waals surface area contributed by atoms with Gasteiger partial charge in [-0.15, -0.1) is 5.92 Å². The van der Waals surface area contributed by atoms with Crippen LogP contribution in [-0.2, 0) is 31.6 Å². The second-order valence-corrected chi connectivity index (χ2v) is 11.0. The Morgan fingerprint density at radius 2 is 1.85 bits per heavy atom. The molecule has 0 radical (unpaired) electrons. The van der Waals surface area contributed by atoms with Crippen molar-refractivity contribution in [3.05, 3.63) is 22.2 Å². The molecule has 0 aliphatic carbocycles. The van der Waals surface area contributed by atoms with Gasteiger partial charge in [0.1, 0.15) is 18.0 Å². The van der Waals surface area contributed by atoms with Crippen LogP contribution in [-0.4, -0.2) is 63.8 Å². The first-order valence-corrected chi connectivity index (χ1v) is 13.1. The van der Waals surface area contributed by atoms with Crippen LogP contribution in [0.3, 0.4) is 0 Å². The Morgan fingerprint density at radius 1 is 1.24 bits per heavy atom. The average Bonchev–Trinajstić information content (AvgIpc) is 2.81. The lowest BCUT2D eigenvalue weighted by Crippen LogP contribution is -2.48. The number of phosphoric ester groups is 1. The summed E-state index contributed by atoms with van der Waals surface area (Å²) in [6, 6.07) is 1.26. The number of nitrogen functional groups attached to an aromatic ring is 1. The number of rotatable bonds is 8. The van der Waals surface area contributed by atoms with Crippen LogP contribution in [0.25, 0.3) is 0 Å². The summed E-state index contributed by atoms with van der Waals surface area (Å²) in [5.74, 6) is 4.49. The van der Waals surface area contributed by atoms with Gasteiger partial charge < -0.3 is 40.3 Å². The zero-order valence-corrected chi connectivity index (χ0v) is 19.5. The first-order chi connectivity index (χ1) is 14.9. The molecule has 6 atom stereocenters. The summed E-state index contributed by atoms with van der Waals surface area (Å²) in [5.41, 5.74) is 2.21. The molecule has 1 aromatic heterocycles. The molecule has 186 valence electrons. The van der Waals surface area contributed by atoms with Crippen molar-refractivity contribution in [2.24, 2.45) is 0 Å². The molecule has 1 aliphatic rings. The van der Waals surface area contributed by atoms with E-state index >= 15 is 0 Å². The molecule has 2 rings (SSSR count). The summed E-state index contributed by atoms with van der Waals surface area (Å²) in [6.45, 7) is 1.62. The van der Waals surface area contributed by atoms with Gasteiger partial charge in [0.05, 0.1) is 6.61 Å². The highest BCUT2D eigenvalue weighted by Gasteiger charge is 2.57. The Morgan fingerprint density at radius 3 is 2.36 bits per heavy atom. The van der Waals surface area contributed by atoms with E-state index in [0.717, 1.165) is 4.57 Å². The van der Waals surface area contributed by atoms with Crippen LogP contribution in [0.4, 0.5) is 5.82 Å². The van der Waals surface area contributed by atoms with E-state index < -0.39 is 59.8 Å². The van der Waals surface area contributed by atoms with E-state index in [1.807, 2.05) is 0 Å². The minimum absolute atomic E-state index is 0.137. The third-order valence-corrected chi connectivity index (χ3v) is 7.83. The quantitative estimate of drug-likeness (QED) is 0.147. The minimum Gasteiger partial charge on any atom is -0.386 e. The molecule has 20 heteroatoms. The lowest BCUT2D eigenvalue weighted by atomic mass is 9.94. The maximum Gasteiger partial charge on any atom is 0.490 e. The normalized spacial score (nSPS) is 29.0. The summed E-state index contributed by atoms with van der Waals surface area (Å²) in [7, 11) is -16.9. The molecule has 0 saturated carbocycles. The van der Waals surface area contributed by atoms with Crippen LogP contribution in [0.2, 0.25) is 0 Å². The molecule has 1 saturated heterocycles. The van der Waals surface area contributed by atoms with Crippen molar-refractivity contribution in [1.82, 2.24) is 9.55 Å². The van der Waals surface area contributed by atoms with Gasteiger partial charge in [0.2, 0.25) is 0 Å². The topological polar surface area (TPSA) is 270 Å². The van der Waals surface area contributed by atoms with Crippen LogP contribution in [0.5, 0.6) is 0 Å². The molecule has 33 heavy (non-hydrogen) atoms. The fourth-order valence-electron chi connectivity index (χ4n) is 2.88. The number of nitrogens with two attached hydrogens (primary N) is 1. The number of aliphatic hydroxyl groups is 2. The Balaban J connectivity index is 2.28. The third-order valence-electron chi connectivity index (χ3n) is 4.03. The van der Waals surface area contributed by atoms with Crippen molar-refractivity contribution >= 4 is 29.3 Å². The summed E-state index contributed by atoms with van der Waals surface area (Å²) >= 11 is 0. The zero-order chi connectivity index (χ0) is 25.4. The van der Waals surface area contributed by atoms with Gasteiger partial charge in [-0.25, -0.2) is 18.5 Å². The average molecular weight is 535 g/mol. The van der Waals surface area contributed by atoms with E-state index in [9.17, 15) is 33.6 Å². The molecule has 3 unspecified atom stereocenters. The van der Waals surface area contributed by atoms with Crippen molar-refractivity contribution in [1.29, 1.82) is 0 Å². The first-order valence-electron chi connectivity index (χ1n) is 8.54. The predicted molar refractivity (Wildman–Crippen MR) is 106 cm³/mol. The number of hydrogen-bond acceptors (Lipinski definition) is 12. The SMILES string of the molecule is CC#CC1(O)[C@@H](O)[C@@H](COP(=O)(O)OP(=O)(O)OP(=O)(O)O)O[C@H]1n1c(C)cc(N)nc1=O.